The van der Waals surface area contributed by atoms with Crippen molar-refractivity contribution in [3.05, 3.63) is 34.3 Å². The Bertz CT molecular complexity index is 439. The Morgan fingerprint density at radius 1 is 1.10 bits per heavy atom. The number of nitrogens with one attached hydrogen (secondary N) is 1. The lowest BCUT2D eigenvalue weighted by Gasteiger charge is -2.42. The molecule has 0 bridgehead atoms. The van der Waals surface area contributed by atoms with Gasteiger partial charge in [0.05, 0.1) is 0 Å². The molecule has 1 aromatic carbocycles. The number of halogens is 1. The summed E-state index contributed by atoms with van der Waals surface area (Å²) < 4.78 is 1.18. The van der Waals surface area contributed by atoms with Crippen molar-refractivity contribution in [3.63, 3.8) is 0 Å². The van der Waals surface area contributed by atoms with Crippen molar-refractivity contribution in [3.8, 4) is 0 Å². The summed E-state index contributed by atoms with van der Waals surface area (Å²) in [4.78, 5) is 2.48. The zero-order valence-electron chi connectivity index (χ0n) is 12.5. The molecule has 0 amide bonds. The Morgan fingerprint density at radius 3 is 2.45 bits per heavy atom. The molecule has 2 atom stereocenters. The fourth-order valence-corrected chi connectivity index (χ4v) is 3.80. The predicted molar refractivity (Wildman–Crippen MR) is 88.2 cm³/mol. The van der Waals surface area contributed by atoms with Gasteiger partial charge in [-0.05, 0) is 69.8 Å². The van der Waals surface area contributed by atoms with Crippen LogP contribution in [-0.4, -0.2) is 36.6 Å². The lowest BCUT2D eigenvalue weighted by atomic mass is 9.75. The molecule has 1 aliphatic carbocycles. The summed E-state index contributed by atoms with van der Waals surface area (Å²) >= 11 is 3.51. The molecule has 110 valence electrons. The Kier molecular flexibility index (Phi) is 4.49. The van der Waals surface area contributed by atoms with Crippen molar-refractivity contribution in [2.45, 2.75) is 56.7 Å². The van der Waals surface area contributed by atoms with Crippen LogP contribution in [0.3, 0.4) is 0 Å². The molecule has 1 heterocycles. The second kappa shape index (κ2) is 6.17. The molecular formula is C17H25BrN2. The van der Waals surface area contributed by atoms with E-state index in [0.29, 0.717) is 0 Å². The van der Waals surface area contributed by atoms with E-state index in [2.05, 4.69) is 64.4 Å². The maximum absolute atomic E-state index is 3.88. The first-order chi connectivity index (χ1) is 9.61. The number of nitrogens with zero attached hydrogens (tertiary/aromatic N) is 1. The van der Waals surface area contributed by atoms with E-state index < -0.39 is 0 Å². The molecule has 1 saturated heterocycles. The highest BCUT2D eigenvalue weighted by atomic mass is 79.9. The monoisotopic (exact) mass is 336 g/mol. The van der Waals surface area contributed by atoms with Crippen LogP contribution in [0.2, 0.25) is 0 Å². The van der Waals surface area contributed by atoms with Gasteiger partial charge >= 0.3 is 0 Å². The molecule has 1 aromatic rings. The van der Waals surface area contributed by atoms with Crippen LogP contribution in [-0.2, 0) is 0 Å². The minimum absolute atomic E-state index is 0.726. The van der Waals surface area contributed by atoms with E-state index in [1.165, 1.54) is 42.3 Å². The van der Waals surface area contributed by atoms with E-state index in [9.17, 15) is 0 Å². The maximum atomic E-state index is 3.88. The Morgan fingerprint density at radius 2 is 1.80 bits per heavy atom. The van der Waals surface area contributed by atoms with Crippen molar-refractivity contribution < 1.29 is 0 Å². The largest absolute Gasteiger partial charge is 0.311 e. The molecule has 0 spiro atoms. The van der Waals surface area contributed by atoms with Crippen molar-refractivity contribution in [1.82, 2.24) is 10.2 Å². The van der Waals surface area contributed by atoms with Crippen molar-refractivity contribution in [2.75, 3.05) is 13.6 Å². The molecular weight excluding hydrogens is 312 g/mol. The molecule has 20 heavy (non-hydrogen) atoms. The lowest BCUT2D eigenvalue weighted by Crippen LogP contribution is -2.51. The Hall–Kier alpha value is -0.380. The average molecular weight is 337 g/mol. The number of piperidine rings is 1. The van der Waals surface area contributed by atoms with E-state index in [4.69, 9.17) is 0 Å². The average Bonchev–Trinajstić information content (AvgIpc) is 2.39. The highest BCUT2D eigenvalue weighted by Crippen LogP contribution is 2.37. The summed E-state index contributed by atoms with van der Waals surface area (Å²) in [5, 5.41) is 3.88. The van der Waals surface area contributed by atoms with Gasteiger partial charge in [-0.25, -0.2) is 0 Å². The predicted octanol–water partition coefficient (Wildman–Crippen LogP) is 3.77. The topological polar surface area (TPSA) is 15.3 Å². The molecule has 1 N–H and O–H groups in total. The zero-order valence-corrected chi connectivity index (χ0v) is 14.1. The minimum Gasteiger partial charge on any atom is -0.311 e. The maximum Gasteiger partial charge on any atom is 0.0175 e. The molecule has 2 nitrogen and oxygen atoms in total. The van der Waals surface area contributed by atoms with Crippen molar-refractivity contribution >= 4 is 15.9 Å². The molecule has 3 heteroatoms. The van der Waals surface area contributed by atoms with Gasteiger partial charge in [-0.15, -0.1) is 0 Å². The molecule has 2 aliphatic rings. The highest BCUT2D eigenvalue weighted by Gasteiger charge is 2.33. The fraction of sp³-hybridized carbons (Fsp3) is 0.647. The first-order valence-electron chi connectivity index (χ1n) is 7.83. The molecule has 0 aromatic heterocycles. The summed E-state index contributed by atoms with van der Waals surface area (Å²) in [7, 11) is 2.24. The second-order valence-corrected chi connectivity index (χ2v) is 7.55. The first-order valence-corrected chi connectivity index (χ1v) is 8.63. The normalized spacial score (nSPS) is 34.8. The summed E-state index contributed by atoms with van der Waals surface area (Å²) in [6.07, 6.45) is 5.22. The van der Waals surface area contributed by atoms with E-state index in [1.807, 2.05) is 0 Å². The molecule has 1 saturated carbocycles. The summed E-state index contributed by atoms with van der Waals surface area (Å²) in [6.45, 7) is 3.58. The molecule has 3 rings (SSSR count). The third-order valence-electron chi connectivity index (χ3n) is 5.16. The van der Waals surface area contributed by atoms with Crippen molar-refractivity contribution in [2.24, 2.45) is 0 Å². The highest BCUT2D eigenvalue weighted by molar-refractivity contribution is 9.10. The summed E-state index contributed by atoms with van der Waals surface area (Å²) in [6, 6.07) is 11.1. The molecule has 2 unspecified atom stereocenters. The smallest absolute Gasteiger partial charge is 0.0175 e. The standard InChI is InChI=1S/C17H25BrN2/c1-12-9-16(7-8-20(12)2)19-17-10-14(11-17)13-3-5-15(18)6-4-13/h3-6,12,14,16-17,19H,7-11H2,1-2H3. The van der Waals surface area contributed by atoms with Crippen LogP contribution in [0.4, 0.5) is 0 Å². The summed E-state index contributed by atoms with van der Waals surface area (Å²) in [5.41, 5.74) is 1.50. The second-order valence-electron chi connectivity index (χ2n) is 6.63. The van der Waals surface area contributed by atoms with E-state index >= 15 is 0 Å². The first kappa shape index (κ1) is 14.6. The van der Waals surface area contributed by atoms with Gasteiger partial charge < -0.3 is 10.2 Å². The third kappa shape index (κ3) is 3.26. The lowest BCUT2D eigenvalue weighted by molar-refractivity contribution is 0.147. The zero-order chi connectivity index (χ0) is 14.1. The third-order valence-corrected chi connectivity index (χ3v) is 5.69. The fourth-order valence-electron chi connectivity index (χ4n) is 3.54. The molecule has 2 fully saturated rings. The number of hydrogen-bond donors (Lipinski definition) is 1. The number of rotatable bonds is 3. The SMILES string of the molecule is CC1CC(NC2CC(c3ccc(Br)cc3)C2)CCN1C. The number of benzene rings is 1. The Balaban J connectivity index is 1.45. The van der Waals surface area contributed by atoms with E-state index in [0.717, 1.165) is 24.0 Å². The van der Waals surface area contributed by atoms with E-state index in [1.54, 1.807) is 0 Å². The van der Waals surface area contributed by atoms with Crippen LogP contribution >= 0.6 is 15.9 Å². The van der Waals surface area contributed by atoms with Crippen LogP contribution in [0.5, 0.6) is 0 Å². The summed E-state index contributed by atoms with van der Waals surface area (Å²) in [5.74, 6) is 0.768. The van der Waals surface area contributed by atoms with Crippen LogP contribution in [0.1, 0.15) is 44.1 Å². The Labute approximate surface area is 131 Å². The van der Waals surface area contributed by atoms with Gasteiger partial charge in [0.2, 0.25) is 0 Å². The minimum atomic E-state index is 0.726. The van der Waals surface area contributed by atoms with Crippen LogP contribution in [0.15, 0.2) is 28.7 Å². The van der Waals surface area contributed by atoms with Gasteiger partial charge in [0.15, 0.2) is 0 Å². The quantitative estimate of drug-likeness (QED) is 0.903. The van der Waals surface area contributed by atoms with Gasteiger partial charge in [0, 0.05) is 22.6 Å². The number of hydrogen-bond acceptors (Lipinski definition) is 2. The molecule has 1 aliphatic heterocycles. The van der Waals surface area contributed by atoms with Gasteiger partial charge in [0.1, 0.15) is 0 Å². The van der Waals surface area contributed by atoms with E-state index in [-0.39, 0.29) is 0 Å². The van der Waals surface area contributed by atoms with Crippen molar-refractivity contribution in [1.29, 1.82) is 0 Å². The molecule has 0 radical (unpaired) electrons. The van der Waals surface area contributed by atoms with Gasteiger partial charge in [0.25, 0.3) is 0 Å². The van der Waals surface area contributed by atoms with Gasteiger partial charge in [-0.2, -0.15) is 0 Å². The van der Waals surface area contributed by atoms with Gasteiger partial charge in [-0.3, -0.25) is 0 Å². The van der Waals surface area contributed by atoms with Crippen LogP contribution in [0, 0.1) is 0 Å². The number of likely N-dealkylation sites (tertiary alicyclic amines) is 1. The van der Waals surface area contributed by atoms with Gasteiger partial charge in [-0.1, -0.05) is 28.1 Å². The van der Waals surface area contributed by atoms with Crippen LogP contribution in [0.25, 0.3) is 0 Å². The van der Waals surface area contributed by atoms with Crippen LogP contribution < -0.4 is 5.32 Å².